The van der Waals surface area contributed by atoms with Gasteiger partial charge in [0, 0.05) is 38.8 Å². The highest BCUT2D eigenvalue weighted by Crippen LogP contribution is 2.17. The van der Waals surface area contributed by atoms with E-state index in [9.17, 15) is 67.7 Å². The third kappa shape index (κ3) is 24.4. The highest BCUT2D eigenvalue weighted by atomic mass is 16.4. The second-order valence-electron chi connectivity index (χ2n) is 20.5. The number of carboxylic acid groups (broad SMARTS) is 2. The number of benzene rings is 2. The van der Waals surface area contributed by atoms with E-state index in [0.717, 1.165) is 64.2 Å². The van der Waals surface area contributed by atoms with Crippen molar-refractivity contribution >= 4 is 71.0 Å². The third-order valence-electron chi connectivity index (χ3n) is 13.9. The summed E-state index contributed by atoms with van der Waals surface area (Å²) >= 11 is 0. The molecule has 0 radical (unpaired) electrons. The van der Waals surface area contributed by atoms with Crippen molar-refractivity contribution in [2.45, 2.75) is 178 Å². The Kier molecular flexibility index (Phi) is 28.1. The van der Waals surface area contributed by atoms with Gasteiger partial charge in [-0.1, -0.05) is 125 Å². The lowest BCUT2D eigenvalue weighted by atomic mass is 10.0. The first-order valence-electron chi connectivity index (χ1n) is 27.7. The number of likely N-dealkylation sites (tertiary alicyclic amines) is 2. The van der Waals surface area contributed by atoms with Crippen LogP contribution >= 0.6 is 0 Å². The number of piperidine rings is 2. The van der Waals surface area contributed by atoms with Gasteiger partial charge in [-0.05, 0) is 49.7 Å². The van der Waals surface area contributed by atoms with Crippen molar-refractivity contribution in [1.82, 2.24) is 41.7 Å². The first-order valence-corrected chi connectivity index (χ1v) is 27.7. The molecule has 10 amide bonds. The first-order chi connectivity index (χ1) is 38.3. The van der Waals surface area contributed by atoms with Gasteiger partial charge >= 0.3 is 11.9 Å². The zero-order chi connectivity index (χ0) is 58.4. The number of carbonyl (C=O) groups is 12. The van der Waals surface area contributed by atoms with Crippen LogP contribution in [0.3, 0.4) is 0 Å². The number of hydrogen-bond donors (Lipinski definition) is 10. The summed E-state index contributed by atoms with van der Waals surface area (Å²) in [7, 11) is 0. The van der Waals surface area contributed by atoms with Gasteiger partial charge in [-0.2, -0.15) is 0 Å². The van der Waals surface area contributed by atoms with E-state index in [0.29, 0.717) is 49.7 Å². The fourth-order valence-corrected chi connectivity index (χ4v) is 9.63. The average Bonchev–Trinajstić information content (AvgIpc) is 3.42. The normalized spacial score (nSPS) is 16.7. The zero-order valence-corrected chi connectivity index (χ0v) is 45.5. The number of nitrogens with two attached hydrogens (primary N) is 2. The molecule has 2 aromatic rings. The van der Waals surface area contributed by atoms with Crippen LogP contribution in [-0.4, -0.2) is 153 Å². The molecule has 0 spiro atoms. The molecule has 0 saturated carbocycles. The first kappa shape index (κ1) is 64.6. The van der Waals surface area contributed by atoms with Crippen molar-refractivity contribution in [1.29, 1.82) is 0 Å². The molecule has 2 heterocycles. The number of nitrogens with one attached hydrogen (secondary N) is 6. The van der Waals surface area contributed by atoms with Crippen LogP contribution in [0.4, 0.5) is 0 Å². The van der Waals surface area contributed by atoms with Gasteiger partial charge < -0.3 is 63.4 Å². The molecule has 0 aromatic heterocycles. The topological polar surface area (TPSA) is 376 Å². The van der Waals surface area contributed by atoms with Crippen LogP contribution in [0.25, 0.3) is 0 Å². The van der Waals surface area contributed by atoms with Crippen LogP contribution in [-0.2, 0) is 70.4 Å². The van der Waals surface area contributed by atoms with Gasteiger partial charge in [-0.15, -0.1) is 0 Å². The minimum absolute atomic E-state index is 0.0419. The highest BCUT2D eigenvalue weighted by Gasteiger charge is 2.35. The third-order valence-corrected chi connectivity index (χ3v) is 13.9. The summed E-state index contributed by atoms with van der Waals surface area (Å²) in [6, 6.07) is 9.91. The SMILES string of the molecule is NC(=O)C[C@H](NC(=O)CN1CCCC(NC(=O)CCCCCCCCCCCCCCC(=O)NC2CCCN(CC(=O)N[C@@H](CC(N)=O)C(=O)N[C@@H](Cc3ccccc3)C(=O)O)C2=O)C1=O)C(=O)N[C@@H](Cc1ccccc1)C(=O)O. The minimum atomic E-state index is -1.48. The Morgan fingerprint density at radius 2 is 0.787 bits per heavy atom. The van der Waals surface area contributed by atoms with E-state index in [-0.39, 0.29) is 50.6 Å². The number of rotatable bonds is 37. The van der Waals surface area contributed by atoms with E-state index >= 15 is 0 Å². The predicted molar refractivity (Wildman–Crippen MR) is 291 cm³/mol. The quantitative estimate of drug-likeness (QED) is 0.0423. The van der Waals surface area contributed by atoms with Crippen molar-refractivity contribution in [2.24, 2.45) is 11.5 Å². The summed E-state index contributed by atoms with van der Waals surface area (Å²) in [6.45, 7) is -0.417. The van der Waals surface area contributed by atoms with Crippen molar-refractivity contribution in [3.05, 3.63) is 71.8 Å². The van der Waals surface area contributed by atoms with Crippen molar-refractivity contribution < 1.29 is 67.7 Å². The van der Waals surface area contributed by atoms with Crippen molar-refractivity contribution in [3.63, 3.8) is 0 Å². The fourth-order valence-electron chi connectivity index (χ4n) is 9.63. The van der Waals surface area contributed by atoms with Crippen molar-refractivity contribution in [2.75, 3.05) is 26.2 Å². The average molecular weight is 1120 g/mol. The molecule has 2 aliphatic rings. The molecular formula is C56H80N10O14. The van der Waals surface area contributed by atoms with Gasteiger partial charge in [-0.25, -0.2) is 9.59 Å². The second kappa shape index (κ2) is 34.9. The Bertz CT molecular complexity index is 2260. The molecule has 2 aliphatic heterocycles. The van der Waals surface area contributed by atoms with Crippen LogP contribution in [0, 0.1) is 0 Å². The van der Waals surface area contributed by atoms with Crippen molar-refractivity contribution in [3.8, 4) is 0 Å². The highest BCUT2D eigenvalue weighted by molar-refractivity contribution is 5.97. The summed E-state index contributed by atoms with van der Waals surface area (Å²) in [4.78, 5) is 154. The monoisotopic (exact) mass is 1120 g/mol. The summed E-state index contributed by atoms with van der Waals surface area (Å²) in [5, 5.41) is 34.5. The molecule has 80 heavy (non-hydrogen) atoms. The number of primary amides is 2. The van der Waals surface area contributed by atoms with Crippen LogP contribution in [0.15, 0.2) is 60.7 Å². The lowest BCUT2D eigenvalue weighted by molar-refractivity contribution is -0.143. The van der Waals surface area contributed by atoms with Gasteiger partial charge in [0.05, 0.1) is 25.9 Å². The Balaban J connectivity index is 1.02. The van der Waals surface area contributed by atoms with Gasteiger partial charge in [0.15, 0.2) is 0 Å². The molecular weight excluding hydrogens is 1040 g/mol. The molecule has 0 bridgehead atoms. The van der Waals surface area contributed by atoms with E-state index in [1.165, 1.54) is 9.80 Å². The van der Waals surface area contributed by atoms with Gasteiger partial charge in [0.25, 0.3) is 0 Å². The molecule has 2 saturated heterocycles. The molecule has 6 atom stereocenters. The number of carbonyl (C=O) groups excluding carboxylic acids is 10. The molecule has 0 aliphatic carbocycles. The van der Waals surface area contributed by atoms with Gasteiger partial charge in [0.2, 0.25) is 59.1 Å². The van der Waals surface area contributed by atoms with E-state index < -0.39 is 121 Å². The van der Waals surface area contributed by atoms with E-state index in [1.54, 1.807) is 60.7 Å². The molecule has 2 fully saturated rings. The number of hydrogen-bond acceptors (Lipinski definition) is 12. The maximum absolute atomic E-state index is 13.3. The predicted octanol–water partition coefficient (Wildman–Crippen LogP) is 1.01. The van der Waals surface area contributed by atoms with E-state index in [2.05, 4.69) is 31.9 Å². The smallest absolute Gasteiger partial charge is 0.326 e. The summed E-state index contributed by atoms with van der Waals surface area (Å²) in [5.41, 5.74) is 11.9. The van der Waals surface area contributed by atoms with E-state index in [4.69, 9.17) is 11.5 Å². The van der Waals surface area contributed by atoms with Crippen LogP contribution in [0.5, 0.6) is 0 Å². The number of unbranched alkanes of at least 4 members (excludes halogenated alkanes) is 11. The number of amides is 10. The maximum atomic E-state index is 13.3. The van der Waals surface area contributed by atoms with Gasteiger partial charge in [-0.3, -0.25) is 47.9 Å². The summed E-state index contributed by atoms with van der Waals surface area (Å²) in [5.74, 6) is -9.21. The number of aliphatic carboxylic acids is 2. The Morgan fingerprint density at radius 3 is 1.10 bits per heavy atom. The number of nitrogens with zero attached hydrogens (tertiary/aromatic N) is 2. The zero-order valence-electron chi connectivity index (χ0n) is 45.5. The Labute approximate surface area is 466 Å². The number of carboxylic acids is 2. The van der Waals surface area contributed by atoms with Crippen LogP contribution in [0.1, 0.15) is 140 Å². The van der Waals surface area contributed by atoms with Gasteiger partial charge in [0.1, 0.15) is 36.3 Å². The molecule has 4 rings (SSSR count). The standard InChI is InChI=1S/C56H80N10O14/c57-45(67)33-41(51(73)63-43(55(77)78)31-37-21-13-11-14-22-37)61-49(71)35-65-29-19-25-39(53(65)75)59-47(69)27-17-9-7-5-3-1-2-4-6-8-10-18-28-48(70)60-40-26-20-30-66(54(40)76)36-50(72)62-42(34-46(58)68)52(74)64-44(56(79)80)32-38-23-15-12-16-24-38/h11-16,21-24,39-44H,1-10,17-20,25-36H2,(H2,57,67)(H2,58,68)(H,59,69)(H,60,70)(H,61,71)(H,62,72)(H,63,73)(H,64,74)(H,77,78)(H,79,80)/t39?,40?,41-,42-,43-,44-/m0/s1. The largest absolute Gasteiger partial charge is 0.480 e. The lowest BCUT2D eigenvalue weighted by Crippen LogP contribution is -2.57. The molecule has 24 nitrogen and oxygen atoms in total. The molecule has 12 N–H and O–H groups in total. The summed E-state index contributed by atoms with van der Waals surface area (Å²) in [6.07, 6.45) is 12.4. The Hall–Kier alpha value is -7.92. The van der Waals surface area contributed by atoms with Crippen LogP contribution in [0.2, 0.25) is 0 Å². The second-order valence-corrected chi connectivity index (χ2v) is 20.5. The molecule has 438 valence electrons. The molecule has 2 aromatic carbocycles. The summed E-state index contributed by atoms with van der Waals surface area (Å²) < 4.78 is 0. The molecule has 2 unspecified atom stereocenters. The van der Waals surface area contributed by atoms with Crippen LogP contribution < -0.4 is 43.4 Å². The Morgan fingerprint density at radius 1 is 0.463 bits per heavy atom. The maximum Gasteiger partial charge on any atom is 0.326 e. The van der Waals surface area contributed by atoms with E-state index in [1.807, 2.05) is 0 Å². The minimum Gasteiger partial charge on any atom is -0.480 e. The fraction of sp³-hybridized carbons (Fsp3) is 0.571. The lowest BCUT2D eigenvalue weighted by Gasteiger charge is -2.32. The molecule has 24 heteroatoms.